The summed E-state index contributed by atoms with van der Waals surface area (Å²) in [5, 5.41) is 3.27. The van der Waals surface area contributed by atoms with Gasteiger partial charge in [0.1, 0.15) is 17.8 Å². The van der Waals surface area contributed by atoms with Gasteiger partial charge in [-0.3, -0.25) is 4.79 Å². The molecule has 1 aliphatic carbocycles. The van der Waals surface area contributed by atoms with Gasteiger partial charge in [0.25, 0.3) is 0 Å². The predicted molar refractivity (Wildman–Crippen MR) is 104 cm³/mol. The molecule has 1 saturated carbocycles. The quantitative estimate of drug-likeness (QED) is 0.833. The minimum atomic E-state index is -0.228. The van der Waals surface area contributed by atoms with E-state index in [1.54, 1.807) is 12.4 Å². The number of hydrogen-bond acceptors (Lipinski definition) is 8. The van der Waals surface area contributed by atoms with Crippen LogP contribution in [0.4, 0.5) is 17.5 Å². The summed E-state index contributed by atoms with van der Waals surface area (Å²) < 4.78 is 5.58. The topological polar surface area (TPSA) is 96.4 Å². The molecule has 0 spiro atoms. The highest BCUT2D eigenvalue weighted by Gasteiger charge is 2.38. The highest BCUT2D eigenvalue weighted by Crippen LogP contribution is 2.39. The zero-order valence-electron chi connectivity index (χ0n) is 16.1. The van der Waals surface area contributed by atoms with Crippen LogP contribution in [0.2, 0.25) is 0 Å². The van der Waals surface area contributed by atoms with Crippen molar-refractivity contribution in [1.82, 2.24) is 19.9 Å². The lowest BCUT2D eigenvalue weighted by Crippen LogP contribution is -2.53. The number of nitrogens with one attached hydrogen (secondary N) is 1. The van der Waals surface area contributed by atoms with Crippen molar-refractivity contribution in [2.75, 3.05) is 28.7 Å². The number of nitrogens with zero attached hydrogens (tertiary/aromatic N) is 6. The van der Waals surface area contributed by atoms with Gasteiger partial charge in [0.2, 0.25) is 11.9 Å². The third-order valence-corrected chi connectivity index (χ3v) is 5.47. The molecule has 2 aromatic rings. The van der Waals surface area contributed by atoms with Gasteiger partial charge in [0, 0.05) is 38.1 Å². The van der Waals surface area contributed by atoms with E-state index in [1.165, 1.54) is 0 Å². The van der Waals surface area contributed by atoms with Crippen molar-refractivity contribution in [3.05, 3.63) is 23.7 Å². The number of carbonyl (C=O) groups is 1. The molecule has 146 valence electrons. The second-order valence-corrected chi connectivity index (χ2v) is 7.59. The Morgan fingerprint density at radius 3 is 2.79 bits per heavy atom. The summed E-state index contributed by atoms with van der Waals surface area (Å²) in [7, 11) is 1.91. The van der Waals surface area contributed by atoms with E-state index in [1.807, 2.05) is 23.8 Å². The number of hydrogen-bond donors (Lipinski definition) is 1. The van der Waals surface area contributed by atoms with Crippen LogP contribution in [0.5, 0.6) is 6.01 Å². The molecule has 2 aliphatic heterocycles. The fraction of sp³-hybridized carbons (Fsp3) is 0.526. The number of aromatic nitrogens is 4. The highest BCUT2D eigenvalue weighted by molar-refractivity contribution is 6.05. The molecule has 3 aliphatic rings. The minimum absolute atomic E-state index is 0.117. The molecule has 1 amide bonds. The van der Waals surface area contributed by atoms with E-state index >= 15 is 0 Å². The molecule has 1 fully saturated rings. The summed E-state index contributed by atoms with van der Waals surface area (Å²) in [5.41, 5.74) is 2.72. The van der Waals surface area contributed by atoms with Gasteiger partial charge in [-0.1, -0.05) is 0 Å². The Kier molecular flexibility index (Phi) is 4.03. The molecular weight excluding hydrogens is 358 g/mol. The van der Waals surface area contributed by atoms with E-state index in [0.29, 0.717) is 18.5 Å². The third-order valence-electron chi connectivity index (χ3n) is 5.47. The maximum absolute atomic E-state index is 12.6. The van der Waals surface area contributed by atoms with Crippen LogP contribution in [0.1, 0.15) is 37.4 Å². The number of likely N-dealkylation sites (N-methyl/N-ethyl adjacent to an activating group) is 1. The van der Waals surface area contributed by atoms with Crippen molar-refractivity contribution in [2.24, 2.45) is 0 Å². The number of ether oxygens (including phenoxy) is 1. The largest absolute Gasteiger partial charge is 0.460 e. The van der Waals surface area contributed by atoms with E-state index in [9.17, 15) is 4.79 Å². The van der Waals surface area contributed by atoms with Crippen LogP contribution < -0.4 is 19.9 Å². The van der Waals surface area contributed by atoms with Gasteiger partial charge in [0.05, 0.1) is 5.69 Å². The number of anilines is 3. The molecule has 9 heteroatoms. The Labute approximate surface area is 163 Å². The van der Waals surface area contributed by atoms with Gasteiger partial charge in [-0.15, -0.1) is 0 Å². The second-order valence-electron chi connectivity index (χ2n) is 7.59. The minimum Gasteiger partial charge on any atom is -0.460 e. The normalized spacial score (nSPS) is 20.8. The van der Waals surface area contributed by atoms with Crippen LogP contribution in [0.25, 0.3) is 0 Å². The number of aryl methyl sites for hydroxylation is 1. The van der Waals surface area contributed by atoms with E-state index < -0.39 is 0 Å². The Morgan fingerprint density at radius 1 is 1.25 bits per heavy atom. The van der Waals surface area contributed by atoms with E-state index in [-0.39, 0.29) is 18.1 Å². The summed E-state index contributed by atoms with van der Waals surface area (Å²) in [6.45, 7) is 3.17. The molecule has 0 unspecified atom stereocenters. The summed E-state index contributed by atoms with van der Waals surface area (Å²) in [4.78, 5) is 34.3. The maximum Gasteiger partial charge on any atom is 0.316 e. The molecule has 2 aromatic heterocycles. The van der Waals surface area contributed by atoms with Gasteiger partial charge < -0.3 is 19.9 Å². The van der Waals surface area contributed by atoms with Crippen molar-refractivity contribution < 1.29 is 9.53 Å². The monoisotopic (exact) mass is 381 g/mol. The van der Waals surface area contributed by atoms with Crippen LogP contribution in [0.15, 0.2) is 12.4 Å². The van der Waals surface area contributed by atoms with Gasteiger partial charge >= 0.3 is 6.01 Å². The zero-order valence-corrected chi connectivity index (χ0v) is 16.1. The molecule has 28 heavy (non-hydrogen) atoms. The van der Waals surface area contributed by atoms with E-state index in [4.69, 9.17) is 9.72 Å². The smallest absolute Gasteiger partial charge is 0.316 e. The Morgan fingerprint density at radius 2 is 2.04 bits per heavy atom. The van der Waals surface area contributed by atoms with E-state index in [2.05, 4.69) is 20.3 Å². The number of carbonyl (C=O) groups excluding carboxylic acids is 1. The maximum atomic E-state index is 12.6. The molecule has 0 aromatic carbocycles. The average Bonchev–Trinajstić information content (AvgIpc) is 3.53. The molecule has 5 rings (SSSR count). The second kappa shape index (κ2) is 6.57. The van der Waals surface area contributed by atoms with Crippen molar-refractivity contribution in [2.45, 2.75) is 51.3 Å². The lowest BCUT2D eigenvalue weighted by molar-refractivity contribution is -0.119. The van der Waals surface area contributed by atoms with Crippen molar-refractivity contribution in [1.29, 1.82) is 0 Å². The van der Waals surface area contributed by atoms with Crippen molar-refractivity contribution in [3.63, 3.8) is 0 Å². The van der Waals surface area contributed by atoms with Gasteiger partial charge in [-0.25, -0.2) is 15.0 Å². The molecule has 1 atom stereocenters. The lowest BCUT2D eigenvalue weighted by Gasteiger charge is -2.41. The van der Waals surface area contributed by atoms with Crippen molar-refractivity contribution >= 4 is 23.4 Å². The first-order valence-corrected chi connectivity index (χ1v) is 9.76. The molecule has 9 nitrogen and oxygen atoms in total. The van der Waals surface area contributed by atoms with Crippen LogP contribution in [-0.2, 0) is 17.8 Å². The number of amides is 1. The lowest BCUT2D eigenvalue weighted by atomic mass is 10.0. The van der Waals surface area contributed by atoms with E-state index in [0.717, 1.165) is 55.0 Å². The first-order chi connectivity index (χ1) is 13.6. The zero-order chi connectivity index (χ0) is 19.3. The SMILES string of the molecule is C[C@H]1C(=O)N2CCCc3nc(NCc4cnc(OC5CC5)nc4)nc(c32)N1C. The fourth-order valence-corrected chi connectivity index (χ4v) is 3.59. The standard InChI is InChI=1S/C19H23N7O2/c1-11-17(27)26-7-3-4-14-15(26)16(25(11)2)24-18(23-14)20-8-12-9-21-19(22-10-12)28-13-5-6-13/h9-11,13H,3-8H2,1-2H3,(H,20,23,24)/t11-/m0/s1. The molecule has 1 N–H and O–H groups in total. The summed E-state index contributed by atoms with van der Waals surface area (Å²) >= 11 is 0. The number of rotatable bonds is 5. The predicted octanol–water partition coefficient (Wildman–Crippen LogP) is 1.54. The molecule has 0 bridgehead atoms. The van der Waals surface area contributed by atoms with Gasteiger partial charge in [-0.05, 0) is 32.6 Å². The summed E-state index contributed by atoms with van der Waals surface area (Å²) in [6, 6.07) is 0.203. The van der Waals surface area contributed by atoms with Gasteiger partial charge in [-0.2, -0.15) is 4.98 Å². The highest BCUT2D eigenvalue weighted by atomic mass is 16.5. The Hall–Kier alpha value is -2.97. The molecule has 4 heterocycles. The Balaban J connectivity index is 1.35. The Bertz CT molecular complexity index is 913. The van der Waals surface area contributed by atoms with Crippen LogP contribution in [0, 0.1) is 0 Å². The molecular formula is C19H23N7O2. The third kappa shape index (κ3) is 3.00. The van der Waals surface area contributed by atoms with Crippen LogP contribution in [-0.4, -0.2) is 51.6 Å². The fourth-order valence-electron chi connectivity index (χ4n) is 3.59. The van der Waals surface area contributed by atoms with Gasteiger partial charge in [0.15, 0.2) is 5.82 Å². The molecule has 0 radical (unpaired) electrons. The summed E-state index contributed by atoms with van der Waals surface area (Å²) in [5.74, 6) is 1.48. The first-order valence-electron chi connectivity index (χ1n) is 9.76. The van der Waals surface area contributed by atoms with Crippen LogP contribution in [0.3, 0.4) is 0 Å². The van der Waals surface area contributed by atoms with Crippen LogP contribution >= 0.6 is 0 Å². The average molecular weight is 381 g/mol. The summed E-state index contributed by atoms with van der Waals surface area (Å²) in [6.07, 6.45) is 7.74. The first kappa shape index (κ1) is 17.2. The molecule has 0 saturated heterocycles. The van der Waals surface area contributed by atoms with Crippen molar-refractivity contribution in [3.8, 4) is 6.01 Å².